The zero-order valence-corrected chi connectivity index (χ0v) is 9.89. The SMILES string of the molecule is CC(NCc1cnn(C)c1)c1cncc(F)c1. The quantitative estimate of drug-likeness (QED) is 0.877. The number of halogens is 1. The predicted octanol–water partition coefficient (Wildman–Crippen LogP) is 1.81. The first-order valence-electron chi connectivity index (χ1n) is 5.46. The molecule has 0 amide bonds. The Bertz CT molecular complexity index is 495. The summed E-state index contributed by atoms with van der Waals surface area (Å²) in [6, 6.07) is 1.55. The third-order valence-corrected chi connectivity index (χ3v) is 2.60. The number of pyridine rings is 1. The van der Waals surface area contributed by atoms with Crippen molar-refractivity contribution in [1.82, 2.24) is 20.1 Å². The molecule has 0 aliphatic heterocycles. The van der Waals surface area contributed by atoms with Crippen LogP contribution >= 0.6 is 0 Å². The Morgan fingerprint density at radius 2 is 2.24 bits per heavy atom. The monoisotopic (exact) mass is 234 g/mol. The van der Waals surface area contributed by atoms with Gasteiger partial charge in [0.05, 0.1) is 12.4 Å². The Morgan fingerprint density at radius 1 is 1.41 bits per heavy atom. The molecule has 0 spiro atoms. The van der Waals surface area contributed by atoms with Crippen molar-refractivity contribution < 1.29 is 4.39 Å². The van der Waals surface area contributed by atoms with E-state index in [1.807, 2.05) is 26.4 Å². The smallest absolute Gasteiger partial charge is 0.141 e. The summed E-state index contributed by atoms with van der Waals surface area (Å²) in [5.41, 5.74) is 1.94. The average molecular weight is 234 g/mol. The zero-order valence-electron chi connectivity index (χ0n) is 9.89. The molecule has 4 nitrogen and oxygen atoms in total. The summed E-state index contributed by atoms with van der Waals surface area (Å²) in [7, 11) is 1.88. The van der Waals surface area contributed by atoms with Crippen molar-refractivity contribution in [1.29, 1.82) is 0 Å². The summed E-state index contributed by atoms with van der Waals surface area (Å²) in [6.45, 7) is 2.68. The number of nitrogens with one attached hydrogen (secondary N) is 1. The minimum atomic E-state index is -0.308. The van der Waals surface area contributed by atoms with Crippen LogP contribution in [0.5, 0.6) is 0 Å². The normalized spacial score (nSPS) is 12.6. The van der Waals surface area contributed by atoms with E-state index in [1.54, 1.807) is 10.9 Å². The van der Waals surface area contributed by atoms with Gasteiger partial charge in [-0.15, -0.1) is 0 Å². The van der Waals surface area contributed by atoms with Crippen molar-refractivity contribution in [3.05, 3.63) is 47.8 Å². The largest absolute Gasteiger partial charge is 0.306 e. The molecule has 1 unspecified atom stereocenters. The number of rotatable bonds is 4. The first-order valence-corrected chi connectivity index (χ1v) is 5.46. The van der Waals surface area contributed by atoms with Crippen molar-refractivity contribution in [3.63, 3.8) is 0 Å². The van der Waals surface area contributed by atoms with Crippen molar-refractivity contribution in [2.75, 3.05) is 0 Å². The molecular weight excluding hydrogens is 219 g/mol. The highest BCUT2D eigenvalue weighted by Crippen LogP contribution is 2.12. The molecule has 90 valence electrons. The first kappa shape index (κ1) is 11.7. The Morgan fingerprint density at radius 3 is 2.88 bits per heavy atom. The summed E-state index contributed by atoms with van der Waals surface area (Å²) in [6.07, 6.45) is 6.63. The second-order valence-corrected chi connectivity index (χ2v) is 4.06. The van der Waals surface area contributed by atoms with Crippen LogP contribution in [0.3, 0.4) is 0 Å². The number of aryl methyl sites for hydroxylation is 1. The maximum Gasteiger partial charge on any atom is 0.141 e. The molecule has 0 bridgehead atoms. The van der Waals surface area contributed by atoms with E-state index in [4.69, 9.17) is 0 Å². The van der Waals surface area contributed by atoms with E-state index in [1.165, 1.54) is 12.3 Å². The minimum absolute atomic E-state index is 0.0541. The van der Waals surface area contributed by atoms with Crippen LogP contribution in [0.2, 0.25) is 0 Å². The summed E-state index contributed by atoms with van der Waals surface area (Å²) in [5, 5.41) is 7.38. The summed E-state index contributed by atoms with van der Waals surface area (Å²) in [5.74, 6) is -0.308. The van der Waals surface area contributed by atoms with Crippen LogP contribution < -0.4 is 5.32 Å². The van der Waals surface area contributed by atoms with Gasteiger partial charge in [0.2, 0.25) is 0 Å². The molecule has 2 aromatic rings. The molecule has 0 aliphatic rings. The fraction of sp³-hybridized carbons (Fsp3) is 0.333. The Labute approximate surface area is 99.5 Å². The van der Waals surface area contributed by atoms with E-state index in [9.17, 15) is 4.39 Å². The van der Waals surface area contributed by atoms with Gasteiger partial charge in [0, 0.05) is 37.6 Å². The molecule has 0 saturated heterocycles. The van der Waals surface area contributed by atoms with Crippen LogP contribution in [0.1, 0.15) is 24.1 Å². The highest BCUT2D eigenvalue weighted by molar-refractivity contribution is 5.14. The molecule has 0 radical (unpaired) electrons. The summed E-state index contributed by atoms with van der Waals surface area (Å²) in [4.78, 5) is 3.83. The molecule has 0 aromatic carbocycles. The topological polar surface area (TPSA) is 42.7 Å². The first-order chi connectivity index (χ1) is 8.15. The molecule has 5 heteroatoms. The lowest BCUT2D eigenvalue weighted by atomic mass is 10.1. The van der Waals surface area contributed by atoms with Gasteiger partial charge in [-0.1, -0.05) is 0 Å². The van der Waals surface area contributed by atoms with Gasteiger partial charge in [0.25, 0.3) is 0 Å². The van der Waals surface area contributed by atoms with Gasteiger partial charge < -0.3 is 5.32 Å². The average Bonchev–Trinajstić information content (AvgIpc) is 2.72. The molecule has 0 aliphatic carbocycles. The second-order valence-electron chi connectivity index (χ2n) is 4.06. The van der Waals surface area contributed by atoms with E-state index in [0.29, 0.717) is 6.54 Å². The third kappa shape index (κ3) is 3.10. The van der Waals surface area contributed by atoms with Crippen LogP contribution in [0.4, 0.5) is 4.39 Å². The number of hydrogen-bond acceptors (Lipinski definition) is 3. The van der Waals surface area contributed by atoms with Crippen molar-refractivity contribution in [2.45, 2.75) is 19.5 Å². The lowest BCUT2D eigenvalue weighted by Crippen LogP contribution is -2.18. The van der Waals surface area contributed by atoms with Gasteiger partial charge >= 0.3 is 0 Å². The lowest BCUT2D eigenvalue weighted by molar-refractivity contribution is 0.560. The number of hydrogen-bond donors (Lipinski definition) is 1. The highest BCUT2D eigenvalue weighted by Gasteiger charge is 2.06. The second kappa shape index (κ2) is 5.05. The molecule has 2 aromatic heterocycles. The molecule has 2 rings (SSSR count). The van der Waals surface area contributed by atoms with Gasteiger partial charge in [0.15, 0.2) is 0 Å². The molecule has 1 N–H and O–H groups in total. The van der Waals surface area contributed by atoms with Gasteiger partial charge in [-0.3, -0.25) is 9.67 Å². The number of nitrogens with zero attached hydrogens (tertiary/aromatic N) is 3. The molecule has 0 fully saturated rings. The maximum atomic E-state index is 13.0. The fourth-order valence-electron chi connectivity index (χ4n) is 1.62. The van der Waals surface area contributed by atoms with E-state index >= 15 is 0 Å². The molecule has 0 saturated carbocycles. The van der Waals surface area contributed by atoms with Crippen molar-refractivity contribution >= 4 is 0 Å². The van der Waals surface area contributed by atoms with Crippen LogP contribution in [0, 0.1) is 5.82 Å². The van der Waals surface area contributed by atoms with Crippen molar-refractivity contribution in [3.8, 4) is 0 Å². The maximum absolute atomic E-state index is 13.0. The molecular formula is C12H15FN4. The van der Waals surface area contributed by atoms with Crippen LogP contribution in [0.15, 0.2) is 30.9 Å². The van der Waals surface area contributed by atoms with E-state index in [2.05, 4.69) is 15.4 Å². The highest BCUT2D eigenvalue weighted by atomic mass is 19.1. The van der Waals surface area contributed by atoms with Gasteiger partial charge in [0.1, 0.15) is 5.82 Å². The van der Waals surface area contributed by atoms with E-state index in [-0.39, 0.29) is 11.9 Å². The molecule has 2 heterocycles. The van der Waals surface area contributed by atoms with Crippen molar-refractivity contribution in [2.24, 2.45) is 7.05 Å². The standard InChI is InChI=1S/C12H15FN4/c1-9(11-3-12(13)7-14-6-11)15-4-10-5-16-17(2)8-10/h3,5-9,15H,4H2,1-2H3. The molecule has 1 atom stereocenters. The van der Waals surface area contributed by atoms with Gasteiger partial charge in [-0.2, -0.15) is 5.10 Å². The Kier molecular flexibility index (Phi) is 3.49. The summed E-state index contributed by atoms with van der Waals surface area (Å²) >= 11 is 0. The Hall–Kier alpha value is -1.75. The van der Waals surface area contributed by atoms with E-state index < -0.39 is 0 Å². The Balaban J connectivity index is 1.95. The van der Waals surface area contributed by atoms with Gasteiger partial charge in [-0.05, 0) is 18.6 Å². The fourth-order valence-corrected chi connectivity index (χ4v) is 1.62. The molecule has 17 heavy (non-hydrogen) atoms. The number of aromatic nitrogens is 3. The third-order valence-electron chi connectivity index (χ3n) is 2.60. The van der Waals surface area contributed by atoms with Gasteiger partial charge in [-0.25, -0.2) is 4.39 Å². The van der Waals surface area contributed by atoms with Crippen LogP contribution in [-0.4, -0.2) is 14.8 Å². The van der Waals surface area contributed by atoms with E-state index in [0.717, 1.165) is 11.1 Å². The summed E-state index contributed by atoms with van der Waals surface area (Å²) < 4.78 is 14.7. The van der Waals surface area contributed by atoms with Crippen LogP contribution in [-0.2, 0) is 13.6 Å². The lowest BCUT2D eigenvalue weighted by Gasteiger charge is -2.12. The minimum Gasteiger partial charge on any atom is -0.306 e. The predicted molar refractivity (Wildman–Crippen MR) is 62.7 cm³/mol. The van der Waals surface area contributed by atoms with Crippen LogP contribution in [0.25, 0.3) is 0 Å². The zero-order chi connectivity index (χ0) is 12.3.